The number of nitrogens with zero attached hydrogens (tertiary/aromatic N) is 1. The molecule has 22 heavy (non-hydrogen) atoms. The number of hydrogen-bond acceptors (Lipinski definition) is 3. The number of fused-ring (bicyclic) bond motifs is 1. The minimum absolute atomic E-state index is 0.0986. The van der Waals surface area contributed by atoms with Crippen LogP contribution in [0.2, 0.25) is 0 Å². The Bertz CT molecular complexity index is 581. The summed E-state index contributed by atoms with van der Waals surface area (Å²) >= 11 is 0. The molecule has 2 aliphatic rings. The van der Waals surface area contributed by atoms with E-state index in [1.54, 1.807) is 12.0 Å². The van der Waals surface area contributed by atoms with E-state index in [2.05, 4.69) is 0 Å². The van der Waals surface area contributed by atoms with Gasteiger partial charge in [0.05, 0.1) is 12.7 Å². The Kier molecular flexibility index (Phi) is 4.14. The van der Waals surface area contributed by atoms with Gasteiger partial charge in [0.2, 0.25) is 0 Å². The van der Waals surface area contributed by atoms with Gasteiger partial charge in [-0.3, -0.25) is 4.79 Å². The van der Waals surface area contributed by atoms with Gasteiger partial charge in [0.25, 0.3) is 5.91 Å². The second kappa shape index (κ2) is 5.93. The molecule has 2 saturated heterocycles. The van der Waals surface area contributed by atoms with E-state index in [4.69, 9.17) is 9.47 Å². The lowest BCUT2D eigenvalue weighted by Gasteiger charge is -2.43. The van der Waals surface area contributed by atoms with E-state index in [0.29, 0.717) is 26.3 Å². The Morgan fingerprint density at radius 1 is 1.45 bits per heavy atom. The van der Waals surface area contributed by atoms with Gasteiger partial charge in [-0.2, -0.15) is 0 Å². The summed E-state index contributed by atoms with van der Waals surface area (Å²) in [5.74, 6) is -2.23. The van der Waals surface area contributed by atoms with Crippen LogP contribution in [-0.4, -0.2) is 50.3 Å². The van der Waals surface area contributed by atoms with Crippen LogP contribution >= 0.6 is 0 Å². The maximum Gasteiger partial charge on any atom is 0.253 e. The fourth-order valence-corrected chi connectivity index (χ4v) is 3.53. The molecule has 2 atom stereocenters. The molecule has 0 unspecified atom stereocenters. The van der Waals surface area contributed by atoms with E-state index in [1.165, 1.54) is 6.07 Å². The van der Waals surface area contributed by atoms with E-state index < -0.39 is 11.6 Å². The van der Waals surface area contributed by atoms with Gasteiger partial charge >= 0.3 is 0 Å². The quantitative estimate of drug-likeness (QED) is 0.859. The first-order valence-electron chi connectivity index (χ1n) is 7.41. The summed E-state index contributed by atoms with van der Waals surface area (Å²) in [6, 6.07) is 3.26. The molecule has 0 spiro atoms. The average Bonchev–Trinajstić information content (AvgIpc) is 2.92. The largest absolute Gasteiger partial charge is 0.384 e. The van der Waals surface area contributed by atoms with Crippen LogP contribution in [0.5, 0.6) is 0 Å². The zero-order valence-corrected chi connectivity index (χ0v) is 12.5. The number of carbonyl (C=O) groups excluding carboxylic acids is 1. The molecule has 0 N–H and O–H groups in total. The number of rotatable bonds is 3. The molecule has 2 heterocycles. The second-order valence-electron chi connectivity index (χ2n) is 6.05. The van der Waals surface area contributed by atoms with E-state index >= 15 is 0 Å². The molecule has 120 valence electrons. The minimum atomic E-state index is -1.00. The van der Waals surface area contributed by atoms with E-state index in [0.717, 1.165) is 25.0 Å². The lowest BCUT2D eigenvalue weighted by Crippen LogP contribution is -2.53. The van der Waals surface area contributed by atoms with Crippen molar-refractivity contribution in [3.63, 3.8) is 0 Å². The van der Waals surface area contributed by atoms with E-state index in [1.807, 2.05) is 0 Å². The van der Waals surface area contributed by atoms with Crippen LogP contribution in [-0.2, 0) is 9.47 Å². The molecule has 6 heteroatoms. The summed E-state index contributed by atoms with van der Waals surface area (Å²) in [5.41, 5.74) is -0.0230. The van der Waals surface area contributed by atoms with Crippen molar-refractivity contribution in [1.29, 1.82) is 0 Å². The molecule has 2 aliphatic heterocycles. The van der Waals surface area contributed by atoms with Gasteiger partial charge in [-0.1, -0.05) is 0 Å². The number of piperidine rings is 1. The Balaban J connectivity index is 1.80. The SMILES string of the molecule is COC[C@@]12CCO[C@@H]1CCN(C(=O)c1ccc(F)c(F)c1)C2. The molecule has 4 nitrogen and oxygen atoms in total. The van der Waals surface area contributed by atoms with Crippen molar-refractivity contribution in [3.05, 3.63) is 35.4 Å². The molecule has 1 amide bonds. The van der Waals surface area contributed by atoms with Crippen LogP contribution in [0.1, 0.15) is 23.2 Å². The fourth-order valence-electron chi connectivity index (χ4n) is 3.53. The first-order valence-corrected chi connectivity index (χ1v) is 7.41. The third-order valence-corrected chi connectivity index (χ3v) is 4.65. The molecule has 1 aromatic rings. The van der Waals surface area contributed by atoms with Crippen molar-refractivity contribution in [1.82, 2.24) is 4.90 Å². The van der Waals surface area contributed by atoms with Crippen LogP contribution in [0.3, 0.4) is 0 Å². The number of ether oxygens (including phenoxy) is 2. The maximum atomic E-state index is 13.3. The predicted molar refractivity (Wildman–Crippen MR) is 75.5 cm³/mol. The zero-order chi connectivity index (χ0) is 15.7. The highest BCUT2D eigenvalue weighted by Gasteiger charge is 2.48. The smallest absolute Gasteiger partial charge is 0.253 e. The van der Waals surface area contributed by atoms with Gasteiger partial charge in [0.1, 0.15) is 0 Å². The highest BCUT2D eigenvalue weighted by Crippen LogP contribution is 2.41. The lowest BCUT2D eigenvalue weighted by molar-refractivity contribution is -0.0469. The molecule has 2 fully saturated rings. The highest BCUT2D eigenvalue weighted by molar-refractivity contribution is 5.94. The number of benzene rings is 1. The monoisotopic (exact) mass is 311 g/mol. The summed E-state index contributed by atoms with van der Waals surface area (Å²) < 4.78 is 37.4. The first kappa shape index (κ1) is 15.4. The fraction of sp³-hybridized carbons (Fsp3) is 0.562. The number of methoxy groups -OCH3 is 1. The summed E-state index contributed by atoms with van der Waals surface area (Å²) in [7, 11) is 1.64. The van der Waals surface area contributed by atoms with Gasteiger partial charge in [0.15, 0.2) is 11.6 Å². The molecular formula is C16H19F2NO3. The summed E-state index contributed by atoms with van der Waals surface area (Å²) in [5, 5.41) is 0. The average molecular weight is 311 g/mol. The molecule has 0 saturated carbocycles. The summed E-state index contributed by atoms with van der Waals surface area (Å²) in [4.78, 5) is 14.2. The van der Waals surface area contributed by atoms with Gasteiger partial charge in [-0.25, -0.2) is 8.78 Å². The zero-order valence-electron chi connectivity index (χ0n) is 12.5. The molecule has 0 aromatic heterocycles. The Morgan fingerprint density at radius 3 is 3.00 bits per heavy atom. The Hall–Kier alpha value is -1.53. The topological polar surface area (TPSA) is 38.8 Å². The number of likely N-dealkylation sites (tertiary alicyclic amines) is 1. The minimum Gasteiger partial charge on any atom is -0.384 e. The molecule has 3 rings (SSSR count). The molecular weight excluding hydrogens is 292 g/mol. The third-order valence-electron chi connectivity index (χ3n) is 4.65. The van der Waals surface area contributed by atoms with Crippen molar-refractivity contribution in [2.45, 2.75) is 18.9 Å². The number of hydrogen-bond donors (Lipinski definition) is 0. The normalized spacial score (nSPS) is 27.8. The maximum absolute atomic E-state index is 13.3. The van der Waals surface area contributed by atoms with E-state index in [-0.39, 0.29) is 23.0 Å². The molecule has 0 radical (unpaired) electrons. The molecule has 0 aliphatic carbocycles. The van der Waals surface area contributed by atoms with Crippen LogP contribution < -0.4 is 0 Å². The number of carbonyl (C=O) groups is 1. The van der Waals surface area contributed by atoms with Gasteiger partial charge in [0, 0.05) is 37.8 Å². The van der Waals surface area contributed by atoms with Crippen molar-refractivity contribution in [3.8, 4) is 0 Å². The second-order valence-corrected chi connectivity index (χ2v) is 6.05. The number of halogens is 2. The Morgan fingerprint density at radius 2 is 2.27 bits per heavy atom. The highest BCUT2D eigenvalue weighted by atomic mass is 19.2. The van der Waals surface area contributed by atoms with Gasteiger partial charge in [-0.05, 0) is 31.0 Å². The van der Waals surface area contributed by atoms with Gasteiger partial charge < -0.3 is 14.4 Å². The van der Waals surface area contributed by atoms with Gasteiger partial charge in [-0.15, -0.1) is 0 Å². The summed E-state index contributed by atoms with van der Waals surface area (Å²) in [6.07, 6.45) is 1.67. The first-order chi connectivity index (χ1) is 10.6. The van der Waals surface area contributed by atoms with Crippen molar-refractivity contribution < 1.29 is 23.0 Å². The van der Waals surface area contributed by atoms with Crippen LogP contribution in [0.15, 0.2) is 18.2 Å². The van der Waals surface area contributed by atoms with Crippen LogP contribution in [0.4, 0.5) is 8.78 Å². The molecule has 1 aromatic carbocycles. The Labute approximate surface area is 128 Å². The van der Waals surface area contributed by atoms with E-state index in [9.17, 15) is 13.6 Å². The third kappa shape index (κ3) is 2.61. The lowest BCUT2D eigenvalue weighted by atomic mass is 9.77. The number of amides is 1. The molecule has 0 bridgehead atoms. The van der Waals surface area contributed by atoms with Crippen LogP contribution in [0.25, 0.3) is 0 Å². The van der Waals surface area contributed by atoms with Crippen LogP contribution in [0, 0.1) is 17.0 Å². The van der Waals surface area contributed by atoms with Crippen molar-refractivity contribution >= 4 is 5.91 Å². The standard InChI is InChI=1S/C16H19F2NO3/c1-21-10-16-5-7-22-14(16)4-6-19(9-16)15(20)11-2-3-12(17)13(18)8-11/h2-3,8,14H,4-7,9-10H2,1H3/t14-,16+/m1/s1. The van der Waals surface area contributed by atoms with Crippen molar-refractivity contribution in [2.24, 2.45) is 5.41 Å². The summed E-state index contributed by atoms with van der Waals surface area (Å²) in [6.45, 7) is 2.26. The predicted octanol–water partition coefficient (Wildman–Crippen LogP) is 2.23. The van der Waals surface area contributed by atoms with Crippen molar-refractivity contribution in [2.75, 3.05) is 33.4 Å².